The van der Waals surface area contributed by atoms with Gasteiger partial charge >= 0.3 is 0 Å². The van der Waals surface area contributed by atoms with Crippen molar-refractivity contribution in [3.63, 3.8) is 0 Å². The number of aryl methyl sites for hydroxylation is 1. The summed E-state index contributed by atoms with van der Waals surface area (Å²) < 4.78 is 1.86. The normalized spacial score (nSPS) is 18.3. The van der Waals surface area contributed by atoms with E-state index in [2.05, 4.69) is 35.6 Å². The van der Waals surface area contributed by atoms with Crippen LogP contribution >= 0.6 is 23.5 Å². The van der Waals surface area contributed by atoms with Gasteiger partial charge in [0.2, 0.25) is 0 Å². The maximum atomic E-state index is 4.19. The van der Waals surface area contributed by atoms with Crippen LogP contribution < -0.4 is 0 Å². The van der Waals surface area contributed by atoms with Gasteiger partial charge in [-0.25, -0.2) is 0 Å². The molecule has 0 fully saturated rings. The maximum Gasteiger partial charge on any atom is 0.0625 e. The lowest BCUT2D eigenvalue weighted by molar-refractivity contribution is 0.766. The van der Waals surface area contributed by atoms with Crippen molar-refractivity contribution in [3.8, 4) is 0 Å². The smallest absolute Gasteiger partial charge is 0.0625 e. The van der Waals surface area contributed by atoms with E-state index >= 15 is 0 Å². The van der Waals surface area contributed by atoms with Crippen LogP contribution in [0.25, 0.3) is 0 Å². The fourth-order valence-electron chi connectivity index (χ4n) is 2.01. The number of rotatable bonds is 3. The molecule has 0 radical (unpaired) electrons. The Morgan fingerprint density at radius 2 is 2.35 bits per heavy atom. The number of thioether (sulfide) groups is 2. The van der Waals surface area contributed by atoms with Crippen molar-refractivity contribution >= 4 is 23.5 Å². The lowest BCUT2D eigenvalue weighted by Crippen LogP contribution is -2.03. The van der Waals surface area contributed by atoms with E-state index in [9.17, 15) is 0 Å². The molecule has 3 rings (SSSR count). The average Bonchev–Trinajstić information content (AvgIpc) is 2.91. The summed E-state index contributed by atoms with van der Waals surface area (Å²) in [6.07, 6.45) is 5.23. The second kappa shape index (κ2) is 4.78. The van der Waals surface area contributed by atoms with Gasteiger partial charge in [0.1, 0.15) is 0 Å². The van der Waals surface area contributed by atoms with E-state index in [1.807, 2.05) is 41.5 Å². The minimum atomic E-state index is 0.706. The number of fused-ring (bicyclic) bond motifs is 1. The molecule has 2 nitrogen and oxygen atoms in total. The Hall–Kier alpha value is -0.870. The van der Waals surface area contributed by atoms with Gasteiger partial charge in [-0.1, -0.05) is 18.2 Å². The van der Waals surface area contributed by atoms with Crippen molar-refractivity contribution in [1.29, 1.82) is 0 Å². The Balaban J connectivity index is 1.59. The molecule has 0 amide bonds. The SMILES string of the molecule is Cn1cc(SCC2Cc3ccccc3S2)cn1. The standard InChI is InChI=1S/C13H14N2S2/c1-15-8-12(7-14-15)16-9-11-6-10-4-2-3-5-13(10)17-11/h2-5,7-8,11H,6,9H2,1H3. The zero-order valence-corrected chi connectivity index (χ0v) is 11.3. The summed E-state index contributed by atoms with van der Waals surface area (Å²) >= 11 is 3.92. The molecule has 2 heterocycles. The van der Waals surface area contributed by atoms with E-state index in [0.717, 1.165) is 5.75 Å². The van der Waals surface area contributed by atoms with Crippen LogP contribution in [-0.4, -0.2) is 20.8 Å². The van der Waals surface area contributed by atoms with Gasteiger partial charge in [0.25, 0.3) is 0 Å². The molecule has 0 saturated carbocycles. The fraction of sp³-hybridized carbons (Fsp3) is 0.308. The molecule has 0 spiro atoms. The highest BCUT2D eigenvalue weighted by molar-refractivity contribution is 8.03. The molecular formula is C13H14N2S2. The Labute approximate surface area is 110 Å². The third-order valence-electron chi connectivity index (χ3n) is 2.83. The molecule has 88 valence electrons. The van der Waals surface area contributed by atoms with Crippen LogP contribution in [0.2, 0.25) is 0 Å². The molecule has 1 unspecified atom stereocenters. The highest BCUT2D eigenvalue weighted by Gasteiger charge is 2.21. The minimum absolute atomic E-state index is 0.706. The van der Waals surface area contributed by atoms with Gasteiger partial charge in [-0.05, 0) is 18.1 Å². The molecule has 1 aliphatic rings. The highest BCUT2D eigenvalue weighted by atomic mass is 32.2. The number of hydrogen-bond acceptors (Lipinski definition) is 3. The summed E-state index contributed by atoms with van der Waals surface area (Å²) in [7, 11) is 1.96. The summed E-state index contributed by atoms with van der Waals surface area (Å²) in [4.78, 5) is 2.73. The first-order chi connectivity index (χ1) is 8.31. The van der Waals surface area contributed by atoms with Gasteiger partial charge in [-0.3, -0.25) is 4.68 Å². The predicted molar refractivity (Wildman–Crippen MR) is 73.7 cm³/mol. The topological polar surface area (TPSA) is 17.8 Å². The lowest BCUT2D eigenvalue weighted by Gasteiger charge is -2.05. The molecule has 0 aliphatic carbocycles. The van der Waals surface area contributed by atoms with Crippen molar-refractivity contribution in [2.45, 2.75) is 21.5 Å². The molecule has 0 saturated heterocycles. The van der Waals surface area contributed by atoms with Gasteiger partial charge in [-0.15, -0.1) is 23.5 Å². The van der Waals surface area contributed by atoms with Gasteiger partial charge in [0.05, 0.1) is 6.20 Å². The molecule has 0 bridgehead atoms. The van der Waals surface area contributed by atoms with Crippen LogP contribution in [0.3, 0.4) is 0 Å². The Morgan fingerprint density at radius 1 is 1.47 bits per heavy atom. The number of nitrogens with zero attached hydrogens (tertiary/aromatic N) is 2. The van der Waals surface area contributed by atoms with E-state index in [-0.39, 0.29) is 0 Å². The number of benzene rings is 1. The van der Waals surface area contributed by atoms with E-state index in [4.69, 9.17) is 0 Å². The monoisotopic (exact) mass is 262 g/mol. The molecule has 1 atom stereocenters. The van der Waals surface area contributed by atoms with Crippen molar-refractivity contribution in [2.75, 3.05) is 5.75 Å². The molecular weight excluding hydrogens is 248 g/mol. The van der Waals surface area contributed by atoms with Crippen LogP contribution in [0, 0.1) is 0 Å². The molecule has 1 aromatic carbocycles. The van der Waals surface area contributed by atoms with E-state index < -0.39 is 0 Å². The van der Waals surface area contributed by atoms with Crippen LogP contribution in [0.15, 0.2) is 46.5 Å². The number of aromatic nitrogens is 2. The molecule has 17 heavy (non-hydrogen) atoms. The quantitative estimate of drug-likeness (QED) is 0.791. The number of hydrogen-bond donors (Lipinski definition) is 0. The first kappa shape index (κ1) is 11.2. The minimum Gasteiger partial charge on any atom is -0.275 e. The van der Waals surface area contributed by atoms with E-state index in [1.165, 1.54) is 21.8 Å². The van der Waals surface area contributed by atoms with Gasteiger partial charge < -0.3 is 0 Å². The second-order valence-electron chi connectivity index (χ2n) is 4.21. The third kappa shape index (κ3) is 2.53. The molecule has 2 aromatic rings. The van der Waals surface area contributed by atoms with Crippen LogP contribution in [0.4, 0.5) is 0 Å². The van der Waals surface area contributed by atoms with Crippen molar-refractivity contribution in [3.05, 3.63) is 42.2 Å². The van der Waals surface area contributed by atoms with E-state index in [0.29, 0.717) is 5.25 Å². The Bertz CT molecular complexity index is 497. The summed E-state index contributed by atoms with van der Waals surface area (Å²) in [5.74, 6) is 1.16. The van der Waals surface area contributed by atoms with Crippen LogP contribution in [-0.2, 0) is 13.5 Å². The van der Waals surface area contributed by atoms with Crippen LogP contribution in [0.1, 0.15) is 5.56 Å². The van der Waals surface area contributed by atoms with Crippen LogP contribution in [0.5, 0.6) is 0 Å². The summed E-state index contributed by atoms with van der Waals surface area (Å²) in [5.41, 5.74) is 1.51. The first-order valence-corrected chi connectivity index (χ1v) is 7.54. The average molecular weight is 262 g/mol. The van der Waals surface area contributed by atoms with Crippen molar-refractivity contribution < 1.29 is 0 Å². The van der Waals surface area contributed by atoms with Crippen molar-refractivity contribution in [2.24, 2.45) is 7.05 Å². The predicted octanol–water partition coefficient (Wildman–Crippen LogP) is 3.23. The van der Waals surface area contributed by atoms with Gasteiger partial charge in [0, 0.05) is 34.0 Å². The van der Waals surface area contributed by atoms with Crippen molar-refractivity contribution in [1.82, 2.24) is 9.78 Å². The van der Waals surface area contributed by atoms with Gasteiger partial charge in [-0.2, -0.15) is 5.10 Å². The van der Waals surface area contributed by atoms with Gasteiger partial charge in [0.15, 0.2) is 0 Å². The molecule has 4 heteroatoms. The fourth-order valence-corrected chi connectivity index (χ4v) is 4.41. The second-order valence-corrected chi connectivity index (χ2v) is 6.65. The maximum absolute atomic E-state index is 4.19. The first-order valence-electron chi connectivity index (χ1n) is 5.67. The zero-order chi connectivity index (χ0) is 11.7. The zero-order valence-electron chi connectivity index (χ0n) is 9.67. The molecule has 1 aromatic heterocycles. The molecule has 0 N–H and O–H groups in total. The highest BCUT2D eigenvalue weighted by Crippen LogP contribution is 2.39. The Kier molecular flexibility index (Phi) is 3.16. The summed E-state index contributed by atoms with van der Waals surface area (Å²) in [6, 6.07) is 8.74. The largest absolute Gasteiger partial charge is 0.275 e. The third-order valence-corrected chi connectivity index (χ3v) is 5.47. The summed E-state index contributed by atoms with van der Waals surface area (Å²) in [6.45, 7) is 0. The Morgan fingerprint density at radius 3 is 3.12 bits per heavy atom. The lowest BCUT2D eigenvalue weighted by atomic mass is 10.1. The summed E-state index contributed by atoms with van der Waals surface area (Å²) in [5, 5.41) is 4.90. The van der Waals surface area contributed by atoms with E-state index in [1.54, 1.807) is 0 Å². The molecule has 1 aliphatic heterocycles.